The van der Waals surface area contributed by atoms with Crippen LogP contribution in [0.3, 0.4) is 0 Å². The van der Waals surface area contributed by atoms with Crippen LogP contribution in [-0.4, -0.2) is 39.5 Å². The van der Waals surface area contributed by atoms with Crippen molar-refractivity contribution in [1.82, 2.24) is 5.32 Å². The Hall–Kier alpha value is -2.54. The van der Waals surface area contributed by atoms with Gasteiger partial charge in [0.2, 0.25) is 5.75 Å². The van der Waals surface area contributed by atoms with Crippen LogP contribution in [0, 0.1) is 0 Å². The van der Waals surface area contributed by atoms with E-state index in [-0.39, 0.29) is 11.9 Å². The standard InChI is InChI=1S/C25H32N2O4S/c1-29-19-13-16(14-20(30-2)23(19)31-3)15-26-25-22(18-11-7-8-12-21(18)32-25)24(28)27-17-9-5-4-6-10-17/h13-15,17H,4-12H2,1-3H3,(H,27,28)/b26-15+. The first-order chi connectivity index (χ1) is 15.6. The minimum atomic E-state index is 0.0355. The van der Waals surface area contributed by atoms with Crippen LogP contribution in [0.2, 0.25) is 0 Å². The zero-order chi connectivity index (χ0) is 22.5. The summed E-state index contributed by atoms with van der Waals surface area (Å²) in [4.78, 5) is 19.4. The van der Waals surface area contributed by atoms with Gasteiger partial charge in [-0.1, -0.05) is 19.3 Å². The highest BCUT2D eigenvalue weighted by atomic mass is 32.1. The van der Waals surface area contributed by atoms with E-state index in [1.54, 1.807) is 38.9 Å². The summed E-state index contributed by atoms with van der Waals surface area (Å²) in [7, 11) is 4.78. The molecule has 1 aromatic heterocycles. The molecule has 1 aromatic carbocycles. The first-order valence-corrected chi connectivity index (χ1v) is 12.3. The van der Waals surface area contributed by atoms with Crippen molar-refractivity contribution >= 4 is 28.5 Å². The Morgan fingerprint density at radius 3 is 2.34 bits per heavy atom. The van der Waals surface area contributed by atoms with Gasteiger partial charge in [0.05, 0.1) is 26.9 Å². The van der Waals surface area contributed by atoms with E-state index in [0.29, 0.717) is 17.2 Å². The van der Waals surface area contributed by atoms with Crippen LogP contribution in [0.25, 0.3) is 0 Å². The van der Waals surface area contributed by atoms with Crippen LogP contribution in [0.5, 0.6) is 17.2 Å². The molecule has 0 aliphatic heterocycles. The predicted octanol–water partition coefficient (Wildman–Crippen LogP) is 5.47. The van der Waals surface area contributed by atoms with Gasteiger partial charge in [0, 0.05) is 22.7 Å². The zero-order valence-electron chi connectivity index (χ0n) is 19.2. The Balaban J connectivity index is 1.65. The second kappa shape index (κ2) is 10.4. The molecule has 0 radical (unpaired) electrons. The molecule has 2 aliphatic carbocycles. The maximum absolute atomic E-state index is 13.3. The van der Waals surface area contributed by atoms with Crippen LogP contribution >= 0.6 is 11.3 Å². The Morgan fingerprint density at radius 1 is 1.00 bits per heavy atom. The van der Waals surface area contributed by atoms with E-state index in [1.807, 2.05) is 12.1 Å². The van der Waals surface area contributed by atoms with E-state index < -0.39 is 0 Å². The van der Waals surface area contributed by atoms with Crippen molar-refractivity contribution in [2.75, 3.05) is 21.3 Å². The number of amides is 1. The number of thiophene rings is 1. The Bertz CT molecular complexity index is 967. The van der Waals surface area contributed by atoms with E-state index in [4.69, 9.17) is 19.2 Å². The number of hydrogen-bond acceptors (Lipinski definition) is 6. The molecular weight excluding hydrogens is 424 g/mol. The molecule has 32 heavy (non-hydrogen) atoms. The third-order valence-corrected chi connectivity index (χ3v) is 7.54. The fraction of sp³-hybridized carbons (Fsp3) is 0.520. The third kappa shape index (κ3) is 4.77. The predicted molar refractivity (Wildman–Crippen MR) is 129 cm³/mol. The minimum Gasteiger partial charge on any atom is -0.493 e. The number of carbonyl (C=O) groups is 1. The van der Waals surface area contributed by atoms with Crippen LogP contribution in [-0.2, 0) is 12.8 Å². The lowest BCUT2D eigenvalue weighted by Gasteiger charge is -2.23. The Labute approximate surface area is 194 Å². The first-order valence-electron chi connectivity index (χ1n) is 11.4. The maximum atomic E-state index is 13.3. The highest BCUT2D eigenvalue weighted by molar-refractivity contribution is 7.16. The number of nitrogens with zero attached hydrogens (tertiary/aromatic N) is 1. The molecule has 0 bridgehead atoms. The molecule has 1 saturated carbocycles. The summed E-state index contributed by atoms with van der Waals surface area (Å²) in [6.45, 7) is 0. The highest BCUT2D eigenvalue weighted by Crippen LogP contribution is 2.41. The van der Waals surface area contributed by atoms with Gasteiger partial charge in [0.1, 0.15) is 5.00 Å². The summed E-state index contributed by atoms with van der Waals surface area (Å²) >= 11 is 1.65. The van der Waals surface area contributed by atoms with Crippen LogP contribution < -0.4 is 19.5 Å². The second-order valence-electron chi connectivity index (χ2n) is 8.42. The van der Waals surface area contributed by atoms with Gasteiger partial charge in [-0.15, -0.1) is 11.3 Å². The summed E-state index contributed by atoms with van der Waals surface area (Å²) in [5.41, 5.74) is 2.80. The summed E-state index contributed by atoms with van der Waals surface area (Å²) in [5, 5.41) is 4.09. The molecule has 0 atom stereocenters. The lowest BCUT2D eigenvalue weighted by Crippen LogP contribution is -2.36. The van der Waals surface area contributed by atoms with Crippen molar-refractivity contribution in [3.05, 3.63) is 33.7 Å². The number of methoxy groups -OCH3 is 3. The molecular formula is C25H32N2O4S. The summed E-state index contributed by atoms with van der Waals surface area (Å²) in [5.74, 6) is 1.74. The molecule has 2 aromatic rings. The van der Waals surface area contributed by atoms with Gasteiger partial charge in [-0.2, -0.15) is 0 Å². The molecule has 1 amide bonds. The van der Waals surface area contributed by atoms with E-state index in [1.165, 1.54) is 36.1 Å². The molecule has 6 nitrogen and oxygen atoms in total. The van der Waals surface area contributed by atoms with Crippen molar-refractivity contribution in [2.45, 2.75) is 63.8 Å². The molecule has 0 unspecified atom stereocenters. The number of hydrogen-bond donors (Lipinski definition) is 1. The number of benzene rings is 1. The third-order valence-electron chi connectivity index (χ3n) is 6.34. The van der Waals surface area contributed by atoms with E-state index >= 15 is 0 Å². The van der Waals surface area contributed by atoms with Gasteiger partial charge < -0.3 is 19.5 Å². The van der Waals surface area contributed by atoms with E-state index in [9.17, 15) is 4.79 Å². The Morgan fingerprint density at radius 2 is 1.69 bits per heavy atom. The van der Waals surface area contributed by atoms with Crippen LogP contribution in [0.4, 0.5) is 5.00 Å². The molecule has 1 heterocycles. The van der Waals surface area contributed by atoms with Crippen molar-refractivity contribution in [1.29, 1.82) is 0 Å². The molecule has 1 fully saturated rings. The fourth-order valence-electron chi connectivity index (χ4n) is 4.69. The number of fused-ring (bicyclic) bond motifs is 1. The quantitative estimate of drug-likeness (QED) is 0.561. The molecule has 2 aliphatic rings. The molecule has 172 valence electrons. The topological polar surface area (TPSA) is 69.2 Å². The number of aliphatic imine (C=N–C) groups is 1. The molecule has 1 N–H and O–H groups in total. The number of ether oxygens (including phenoxy) is 3. The lowest BCUT2D eigenvalue weighted by atomic mass is 9.93. The van der Waals surface area contributed by atoms with Crippen molar-refractivity contribution in [3.63, 3.8) is 0 Å². The monoisotopic (exact) mass is 456 g/mol. The number of rotatable bonds is 7. The van der Waals surface area contributed by atoms with Gasteiger partial charge in [0.15, 0.2) is 11.5 Å². The normalized spacial score (nSPS) is 16.6. The van der Waals surface area contributed by atoms with Gasteiger partial charge in [0.25, 0.3) is 5.91 Å². The molecule has 0 saturated heterocycles. The molecule has 0 spiro atoms. The smallest absolute Gasteiger partial charge is 0.254 e. The first kappa shape index (κ1) is 22.6. The molecule has 4 rings (SSSR count). The van der Waals surface area contributed by atoms with Crippen molar-refractivity contribution < 1.29 is 19.0 Å². The summed E-state index contributed by atoms with van der Waals surface area (Å²) in [6.07, 6.45) is 11.9. The van der Waals surface area contributed by atoms with Gasteiger partial charge in [-0.25, -0.2) is 4.99 Å². The summed E-state index contributed by atoms with van der Waals surface area (Å²) < 4.78 is 16.3. The van der Waals surface area contributed by atoms with Crippen molar-refractivity contribution in [3.8, 4) is 17.2 Å². The highest BCUT2D eigenvalue weighted by Gasteiger charge is 2.27. The van der Waals surface area contributed by atoms with E-state index in [0.717, 1.165) is 48.2 Å². The average molecular weight is 457 g/mol. The lowest BCUT2D eigenvalue weighted by molar-refractivity contribution is 0.0927. The number of carbonyl (C=O) groups excluding carboxylic acids is 1. The minimum absolute atomic E-state index is 0.0355. The SMILES string of the molecule is COc1cc(/C=N/c2sc3c(c2C(=O)NC2CCCCC2)CCCC3)cc(OC)c1OC. The van der Waals surface area contributed by atoms with E-state index in [2.05, 4.69) is 5.32 Å². The average Bonchev–Trinajstić information content (AvgIpc) is 3.21. The second-order valence-corrected chi connectivity index (χ2v) is 9.50. The number of aryl methyl sites for hydroxylation is 1. The zero-order valence-corrected chi connectivity index (χ0v) is 20.0. The van der Waals surface area contributed by atoms with Gasteiger partial charge in [-0.3, -0.25) is 4.79 Å². The fourth-order valence-corrected chi connectivity index (χ4v) is 5.92. The van der Waals surface area contributed by atoms with Crippen LogP contribution in [0.15, 0.2) is 17.1 Å². The number of nitrogens with one attached hydrogen (secondary N) is 1. The van der Waals surface area contributed by atoms with Gasteiger partial charge >= 0.3 is 0 Å². The summed E-state index contributed by atoms with van der Waals surface area (Å²) in [6, 6.07) is 4.00. The van der Waals surface area contributed by atoms with Gasteiger partial charge in [-0.05, 0) is 56.2 Å². The largest absolute Gasteiger partial charge is 0.493 e. The van der Waals surface area contributed by atoms with Crippen molar-refractivity contribution in [2.24, 2.45) is 4.99 Å². The van der Waals surface area contributed by atoms with Crippen LogP contribution in [0.1, 0.15) is 71.3 Å². The maximum Gasteiger partial charge on any atom is 0.254 e. The molecule has 7 heteroatoms. The Kier molecular flexibility index (Phi) is 7.35.